The number of anilines is 1. The smallest absolute Gasteiger partial charge is 0.228 e. The van der Waals surface area contributed by atoms with Crippen LogP contribution in [0.25, 0.3) is 0 Å². The molecule has 0 aromatic carbocycles. The summed E-state index contributed by atoms with van der Waals surface area (Å²) in [6.07, 6.45) is 5.27. The minimum absolute atomic E-state index is 0.104. The molecular formula is C17H21N5O3S. The minimum atomic E-state index is -0.543. The van der Waals surface area contributed by atoms with E-state index >= 15 is 0 Å². The summed E-state index contributed by atoms with van der Waals surface area (Å²) < 4.78 is 5.11. The van der Waals surface area contributed by atoms with Crippen molar-refractivity contribution in [2.45, 2.75) is 57.4 Å². The summed E-state index contributed by atoms with van der Waals surface area (Å²) in [6.45, 7) is 2.45. The lowest BCUT2D eigenvalue weighted by Gasteiger charge is -2.26. The average Bonchev–Trinajstić information content (AvgIpc) is 3.35. The quantitative estimate of drug-likeness (QED) is 0.859. The van der Waals surface area contributed by atoms with Gasteiger partial charge in [-0.15, -0.1) is 11.3 Å². The van der Waals surface area contributed by atoms with Crippen LogP contribution < -0.4 is 10.2 Å². The van der Waals surface area contributed by atoms with Gasteiger partial charge in [0.2, 0.25) is 17.7 Å². The normalized spacial score (nSPS) is 19.3. The third-order valence-corrected chi connectivity index (χ3v) is 5.89. The fourth-order valence-corrected chi connectivity index (χ4v) is 4.57. The number of aromatic nitrogens is 3. The van der Waals surface area contributed by atoms with Crippen LogP contribution in [-0.2, 0) is 21.5 Å². The van der Waals surface area contributed by atoms with E-state index in [4.69, 9.17) is 4.52 Å². The molecule has 3 heterocycles. The Morgan fingerprint density at radius 3 is 2.81 bits per heavy atom. The van der Waals surface area contributed by atoms with E-state index in [-0.39, 0.29) is 18.2 Å². The number of aryl methyl sites for hydroxylation is 1. The molecule has 2 aromatic heterocycles. The Balaban J connectivity index is 1.45. The van der Waals surface area contributed by atoms with E-state index in [0.717, 1.165) is 32.1 Å². The predicted molar refractivity (Wildman–Crippen MR) is 94.7 cm³/mol. The van der Waals surface area contributed by atoms with Crippen molar-refractivity contribution in [2.24, 2.45) is 0 Å². The average molecular weight is 375 g/mol. The van der Waals surface area contributed by atoms with E-state index in [1.807, 2.05) is 5.38 Å². The number of rotatable bonds is 5. The molecule has 4 rings (SSSR count). The lowest BCUT2D eigenvalue weighted by atomic mass is 9.96. The van der Waals surface area contributed by atoms with Crippen LogP contribution >= 0.6 is 11.3 Å². The van der Waals surface area contributed by atoms with E-state index in [2.05, 4.69) is 20.4 Å². The number of thiazole rings is 1. The Morgan fingerprint density at radius 1 is 1.35 bits per heavy atom. The van der Waals surface area contributed by atoms with Crippen molar-refractivity contribution in [3.8, 4) is 0 Å². The number of nitrogens with zero attached hydrogens (tertiary/aromatic N) is 4. The van der Waals surface area contributed by atoms with Crippen molar-refractivity contribution < 1.29 is 14.1 Å². The molecule has 0 unspecified atom stereocenters. The second kappa shape index (κ2) is 6.79. The molecule has 1 saturated heterocycles. The monoisotopic (exact) mass is 375 g/mol. The summed E-state index contributed by atoms with van der Waals surface area (Å²) in [5, 5.41) is 9.68. The number of carbonyl (C=O) groups excluding carboxylic acids is 2. The molecule has 1 aliphatic heterocycles. The summed E-state index contributed by atoms with van der Waals surface area (Å²) in [5.74, 6) is 1.05. The van der Waals surface area contributed by atoms with Crippen LogP contribution in [0.3, 0.4) is 0 Å². The first kappa shape index (κ1) is 17.1. The minimum Gasteiger partial charge on any atom is -0.343 e. The molecule has 2 aromatic rings. The van der Waals surface area contributed by atoms with Gasteiger partial charge in [0, 0.05) is 25.3 Å². The van der Waals surface area contributed by atoms with Gasteiger partial charge < -0.3 is 9.84 Å². The Bertz CT molecular complexity index is 824. The van der Waals surface area contributed by atoms with Gasteiger partial charge in [0.1, 0.15) is 5.54 Å². The van der Waals surface area contributed by atoms with Gasteiger partial charge in [0.15, 0.2) is 11.0 Å². The number of carbonyl (C=O) groups is 2. The second-order valence-electron chi connectivity index (χ2n) is 6.92. The van der Waals surface area contributed by atoms with Crippen LogP contribution in [0.4, 0.5) is 5.13 Å². The third-order valence-electron chi connectivity index (χ3n) is 4.98. The number of hydrogen-bond acceptors (Lipinski definition) is 7. The van der Waals surface area contributed by atoms with Gasteiger partial charge in [-0.1, -0.05) is 18.0 Å². The molecule has 0 radical (unpaired) electrons. The van der Waals surface area contributed by atoms with Crippen LogP contribution in [0, 0.1) is 6.92 Å². The number of amides is 2. The van der Waals surface area contributed by atoms with Gasteiger partial charge in [-0.3, -0.25) is 14.5 Å². The lowest BCUT2D eigenvalue weighted by Crippen LogP contribution is -2.45. The largest absolute Gasteiger partial charge is 0.343 e. The zero-order chi connectivity index (χ0) is 18.1. The van der Waals surface area contributed by atoms with Crippen LogP contribution in [0.1, 0.15) is 55.9 Å². The molecule has 138 valence electrons. The van der Waals surface area contributed by atoms with Crippen molar-refractivity contribution in [1.29, 1.82) is 0 Å². The maximum atomic E-state index is 12.6. The Hall–Kier alpha value is -2.29. The fraction of sp³-hybridized carbons (Fsp3) is 0.588. The molecule has 2 amide bonds. The highest BCUT2D eigenvalue weighted by molar-refractivity contribution is 7.14. The van der Waals surface area contributed by atoms with Crippen LogP contribution in [0.2, 0.25) is 0 Å². The molecule has 0 bridgehead atoms. The lowest BCUT2D eigenvalue weighted by molar-refractivity contribution is -0.122. The first-order valence-electron chi connectivity index (χ1n) is 8.92. The van der Waals surface area contributed by atoms with E-state index in [1.54, 1.807) is 11.8 Å². The molecule has 0 spiro atoms. The standard InChI is InChI=1S/C17H21N5O3S/c1-11-18-15(21-25-11)17(6-2-3-7-17)20-13(23)9-12-10-26-16(19-12)22-8-4-5-14(22)24/h10H,2-9H2,1H3,(H,20,23). The van der Waals surface area contributed by atoms with Crippen LogP contribution in [-0.4, -0.2) is 33.5 Å². The molecule has 0 atom stereocenters. The number of nitrogens with one attached hydrogen (secondary N) is 1. The van der Waals surface area contributed by atoms with Crippen molar-refractivity contribution in [2.75, 3.05) is 11.4 Å². The maximum Gasteiger partial charge on any atom is 0.228 e. The zero-order valence-electron chi connectivity index (χ0n) is 14.7. The highest BCUT2D eigenvalue weighted by Gasteiger charge is 2.41. The first-order valence-corrected chi connectivity index (χ1v) is 9.80. The van der Waals surface area contributed by atoms with Crippen LogP contribution in [0.15, 0.2) is 9.90 Å². The third kappa shape index (κ3) is 3.23. The summed E-state index contributed by atoms with van der Waals surface area (Å²) in [7, 11) is 0. The summed E-state index contributed by atoms with van der Waals surface area (Å²) >= 11 is 1.41. The van der Waals surface area contributed by atoms with Crippen molar-refractivity contribution >= 4 is 28.3 Å². The number of hydrogen-bond donors (Lipinski definition) is 1. The van der Waals surface area contributed by atoms with E-state index in [1.165, 1.54) is 11.3 Å². The molecule has 26 heavy (non-hydrogen) atoms. The highest BCUT2D eigenvalue weighted by Crippen LogP contribution is 2.37. The van der Waals surface area contributed by atoms with Crippen molar-refractivity contribution in [3.63, 3.8) is 0 Å². The molecule has 2 aliphatic rings. The predicted octanol–water partition coefficient (Wildman–Crippen LogP) is 2.09. The molecule has 1 saturated carbocycles. The first-order chi connectivity index (χ1) is 12.6. The van der Waals surface area contributed by atoms with Gasteiger partial charge in [0.05, 0.1) is 12.1 Å². The Morgan fingerprint density at radius 2 is 2.15 bits per heavy atom. The molecule has 1 aliphatic carbocycles. The molecule has 9 heteroatoms. The topological polar surface area (TPSA) is 101 Å². The summed E-state index contributed by atoms with van der Waals surface area (Å²) in [4.78, 5) is 35.0. The van der Waals surface area contributed by atoms with Gasteiger partial charge in [-0.2, -0.15) is 4.98 Å². The summed E-state index contributed by atoms with van der Waals surface area (Å²) in [5.41, 5.74) is 0.137. The van der Waals surface area contributed by atoms with Crippen LogP contribution in [0.5, 0.6) is 0 Å². The fourth-order valence-electron chi connectivity index (χ4n) is 3.70. The van der Waals surface area contributed by atoms with E-state index in [0.29, 0.717) is 35.5 Å². The van der Waals surface area contributed by atoms with Crippen molar-refractivity contribution in [1.82, 2.24) is 20.4 Å². The second-order valence-corrected chi connectivity index (χ2v) is 7.76. The van der Waals surface area contributed by atoms with Gasteiger partial charge in [-0.05, 0) is 19.3 Å². The SMILES string of the molecule is Cc1nc(C2(NC(=O)Cc3csc(N4CCCC4=O)n3)CCCC2)no1. The van der Waals surface area contributed by atoms with E-state index < -0.39 is 5.54 Å². The van der Waals surface area contributed by atoms with Gasteiger partial charge in [-0.25, -0.2) is 4.98 Å². The Kier molecular flexibility index (Phi) is 4.47. The Labute approximate surface area is 155 Å². The molecule has 2 fully saturated rings. The van der Waals surface area contributed by atoms with Crippen molar-refractivity contribution in [3.05, 3.63) is 22.8 Å². The molecule has 1 N–H and O–H groups in total. The highest BCUT2D eigenvalue weighted by atomic mass is 32.1. The maximum absolute atomic E-state index is 12.6. The van der Waals surface area contributed by atoms with Gasteiger partial charge in [0.25, 0.3) is 0 Å². The zero-order valence-corrected chi connectivity index (χ0v) is 15.5. The van der Waals surface area contributed by atoms with E-state index in [9.17, 15) is 9.59 Å². The van der Waals surface area contributed by atoms with Gasteiger partial charge >= 0.3 is 0 Å². The molecule has 8 nitrogen and oxygen atoms in total. The molecular weight excluding hydrogens is 354 g/mol. The summed E-state index contributed by atoms with van der Waals surface area (Å²) in [6, 6.07) is 0.